The molecule has 5 rings (SSSR count). The fourth-order valence-electron chi connectivity index (χ4n) is 4.31. The van der Waals surface area contributed by atoms with Crippen molar-refractivity contribution in [1.29, 1.82) is 0 Å². The number of amides is 1. The monoisotopic (exact) mass is 483 g/mol. The lowest BCUT2D eigenvalue weighted by Gasteiger charge is -2.32. The zero-order valence-electron chi connectivity index (χ0n) is 18.2. The van der Waals surface area contributed by atoms with Crippen LogP contribution in [0, 0.1) is 5.92 Å². The number of ether oxygens (including phenoxy) is 2. The van der Waals surface area contributed by atoms with Gasteiger partial charge in [-0.2, -0.15) is 0 Å². The number of halogens is 1. The molecule has 176 valence electrons. The quantitative estimate of drug-likeness (QED) is 0.508. The third-order valence-corrected chi connectivity index (χ3v) is 6.56. The van der Waals surface area contributed by atoms with E-state index in [1.165, 1.54) is 11.0 Å². The van der Waals surface area contributed by atoms with Gasteiger partial charge in [-0.3, -0.25) is 19.3 Å². The minimum atomic E-state index is -0.773. The third kappa shape index (κ3) is 4.26. The third-order valence-electron chi connectivity index (χ3n) is 6.27. The summed E-state index contributed by atoms with van der Waals surface area (Å²) in [6.07, 6.45) is 1.62. The highest BCUT2D eigenvalue weighted by molar-refractivity contribution is 6.34. The predicted octanol–water partition coefficient (Wildman–Crippen LogP) is 3.91. The Kier molecular flexibility index (Phi) is 6.02. The molecule has 1 fully saturated rings. The number of benzene rings is 2. The number of anilines is 1. The number of carbonyl (C=O) groups excluding carboxylic acids is 1. The van der Waals surface area contributed by atoms with E-state index in [9.17, 15) is 14.4 Å². The Morgan fingerprint density at radius 2 is 1.97 bits per heavy atom. The molecule has 8 nitrogen and oxygen atoms in total. The molecule has 2 aromatic carbocycles. The van der Waals surface area contributed by atoms with Crippen molar-refractivity contribution in [3.05, 3.63) is 68.8 Å². The van der Waals surface area contributed by atoms with Gasteiger partial charge in [-0.1, -0.05) is 17.7 Å². The molecule has 1 aromatic heterocycles. The summed E-state index contributed by atoms with van der Waals surface area (Å²) in [7, 11) is 0. The van der Waals surface area contributed by atoms with Crippen molar-refractivity contribution in [3.8, 4) is 5.75 Å². The number of carboxylic acid groups (broad SMARTS) is 1. The fraction of sp³-hybridized carbons (Fsp3) is 0.320. The molecular formula is C25H22ClNO7. The van der Waals surface area contributed by atoms with E-state index in [1.54, 1.807) is 30.3 Å². The van der Waals surface area contributed by atoms with Crippen molar-refractivity contribution in [2.75, 3.05) is 24.7 Å². The molecule has 1 amide bonds. The van der Waals surface area contributed by atoms with Crippen LogP contribution in [0.5, 0.6) is 5.75 Å². The number of para-hydroxylation sites is 1. The van der Waals surface area contributed by atoms with Crippen molar-refractivity contribution in [1.82, 2.24) is 0 Å². The van der Waals surface area contributed by atoms with Crippen LogP contribution in [0.15, 0.2) is 51.7 Å². The van der Waals surface area contributed by atoms with Gasteiger partial charge in [-0.15, -0.1) is 0 Å². The van der Waals surface area contributed by atoms with Crippen molar-refractivity contribution in [2.45, 2.75) is 25.4 Å². The van der Waals surface area contributed by atoms with E-state index in [-0.39, 0.29) is 34.8 Å². The standard InChI is InChI=1S/C25H22ClNO7/c26-20-3-1-2-19-21(28)13-22(34-23(19)20)27-7-6-14-10-16(4-5-18(14)24(27)29)32-8-9-33-17-11-15(12-17)25(30)31/h1-5,10,13,15,17H,6-9,11-12H2,(H,30,31). The second kappa shape index (κ2) is 9.12. The van der Waals surface area contributed by atoms with Gasteiger partial charge in [0.15, 0.2) is 11.0 Å². The average molecular weight is 484 g/mol. The first-order valence-corrected chi connectivity index (χ1v) is 11.4. The van der Waals surface area contributed by atoms with Gasteiger partial charge in [0.2, 0.25) is 5.88 Å². The zero-order chi connectivity index (χ0) is 23.8. The molecule has 0 spiro atoms. The van der Waals surface area contributed by atoms with Gasteiger partial charge in [-0.25, -0.2) is 0 Å². The highest BCUT2D eigenvalue weighted by atomic mass is 35.5. The highest BCUT2D eigenvalue weighted by Crippen LogP contribution is 2.31. The molecular weight excluding hydrogens is 462 g/mol. The lowest BCUT2D eigenvalue weighted by atomic mass is 9.82. The Bertz CT molecular complexity index is 1330. The largest absolute Gasteiger partial charge is 0.491 e. The SMILES string of the molecule is O=C(O)C1CC(OCCOc2ccc3c(c2)CCN(c2cc(=O)c4cccc(Cl)c4o2)C3=O)C1. The molecule has 1 N–H and O–H groups in total. The lowest BCUT2D eigenvalue weighted by molar-refractivity contribution is -0.151. The molecule has 0 radical (unpaired) electrons. The molecule has 0 unspecified atom stereocenters. The summed E-state index contributed by atoms with van der Waals surface area (Å²) in [5.41, 5.74) is 1.37. The van der Waals surface area contributed by atoms with Gasteiger partial charge in [0.25, 0.3) is 5.91 Å². The number of rotatable bonds is 7. The van der Waals surface area contributed by atoms with Crippen molar-refractivity contribution < 1.29 is 28.6 Å². The van der Waals surface area contributed by atoms with E-state index in [2.05, 4.69) is 0 Å². The summed E-state index contributed by atoms with van der Waals surface area (Å²) in [5, 5.41) is 9.58. The van der Waals surface area contributed by atoms with Crippen LogP contribution in [0.1, 0.15) is 28.8 Å². The molecule has 0 atom stereocenters. The number of fused-ring (bicyclic) bond motifs is 2. The van der Waals surface area contributed by atoms with Crippen LogP contribution in [0.4, 0.5) is 5.88 Å². The van der Waals surface area contributed by atoms with Crippen LogP contribution in [-0.4, -0.2) is 42.8 Å². The van der Waals surface area contributed by atoms with E-state index >= 15 is 0 Å². The van der Waals surface area contributed by atoms with Crippen molar-refractivity contribution in [2.24, 2.45) is 5.92 Å². The van der Waals surface area contributed by atoms with E-state index in [0.29, 0.717) is 60.7 Å². The molecule has 3 aromatic rings. The molecule has 1 aliphatic heterocycles. The minimum Gasteiger partial charge on any atom is -0.491 e. The minimum absolute atomic E-state index is 0.0260. The summed E-state index contributed by atoms with van der Waals surface area (Å²) < 4.78 is 17.2. The van der Waals surface area contributed by atoms with E-state index in [4.69, 9.17) is 30.6 Å². The molecule has 9 heteroatoms. The number of carbonyl (C=O) groups is 2. The number of hydrogen-bond acceptors (Lipinski definition) is 6. The maximum atomic E-state index is 13.1. The maximum absolute atomic E-state index is 13.1. The van der Waals surface area contributed by atoms with Gasteiger partial charge in [0.1, 0.15) is 12.4 Å². The van der Waals surface area contributed by atoms with Crippen LogP contribution >= 0.6 is 11.6 Å². The Morgan fingerprint density at radius 1 is 1.15 bits per heavy atom. The van der Waals surface area contributed by atoms with Gasteiger partial charge in [0.05, 0.1) is 29.0 Å². The first kappa shape index (κ1) is 22.4. The molecule has 0 saturated heterocycles. The fourth-order valence-corrected chi connectivity index (χ4v) is 4.52. The van der Waals surface area contributed by atoms with E-state index < -0.39 is 5.97 Å². The molecule has 2 heterocycles. The van der Waals surface area contributed by atoms with Crippen molar-refractivity contribution >= 4 is 40.3 Å². The Balaban J connectivity index is 1.23. The topological polar surface area (TPSA) is 106 Å². The molecule has 0 bridgehead atoms. The molecule has 1 aliphatic carbocycles. The summed E-state index contributed by atoms with van der Waals surface area (Å²) in [5.74, 6) is -0.540. The first-order valence-electron chi connectivity index (χ1n) is 11.0. The van der Waals surface area contributed by atoms with Gasteiger partial charge in [0, 0.05) is 18.2 Å². The predicted molar refractivity (Wildman–Crippen MR) is 125 cm³/mol. The van der Waals surface area contributed by atoms with Crippen LogP contribution in [0.3, 0.4) is 0 Å². The Morgan fingerprint density at radius 3 is 2.76 bits per heavy atom. The number of hydrogen-bond donors (Lipinski definition) is 1. The summed E-state index contributed by atoms with van der Waals surface area (Å²) in [6.45, 7) is 1.05. The van der Waals surface area contributed by atoms with Crippen LogP contribution in [0.2, 0.25) is 5.02 Å². The van der Waals surface area contributed by atoms with Crippen LogP contribution in [0.25, 0.3) is 11.0 Å². The molecule has 1 saturated carbocycles. The normalized spacial score (nSPS) is 19.6. The number of nitrogens with zero attached hydrogens (tertiary/aromatic N) is 1. The molecule has 34 heavy (non-hydrogen) atoms. The summed E-state index contributed by atoms with van der Waals surface area (Å²) in [4.78, 5) is 37.9. The van der Waals surface area contributed by atoms with E-state index in [1.807, 2.05) is 6.07 Å². The van der Waals surface area contributed by atoms with Gasteiger partial charge < -0.3 is 19.0 Å². The average Bonchev–Trinajstić information content (AvgIpc) is 2.78. The Labute approximate surface area is 199 Å². The lowest BCUT2D eigenvalue weighted by Crippen LogP contribution is -2.38. The van der Waals surface area contributed by atoms with Gasteiger partial charge >= 0.3 is 5.97 Å². The maximum Gasteiger partial charge on any atom is 0.306 e. The van der Waals surface area contributed by atoms with Crippen LogP contribution < -0.4 is 15.1 Å². The second-order valence-corrected chi connectivity index (χ2v) is 8.85. The number of carboxylic acids is 1. The van der Waals surface area contributed by atoms with E-state index in [0.717, 1.165) is 5.56 Å². The zero-order valence-corrected chi connectivity index (χ0v) is 18.9. The smallest absolute Gasteiger partial charge is 0.306 e. The molecule has 2 aliphatic rings. The van der Waals surface area contributed by atoms with Gasteiger partial charge in [-0.05, 0) is 55.2 Å². The van der Waals surface area contributed by atoms with Crippen molar-refractivity contribution in [3.63, 3.8) is 0 Å². The second-order valence-electron chi connectivity index (χ2n) is 8.44. The summed E-state index contributed by atoms with van der Waals surface area (Å²) in [6, 6.07) is 11.5. The number of aliphatic carboxylic acids is 1. The highest BCUT2D eigenvalue weighted by Gasteiger charge is 2.35. The first-order chi connectivity index (χ1) is 16.4. The van der Waals surface area contributed by atoms with Crippen LogP contribution in [-0.2, 0) is 16.0 Å². The Hall–Kier alpha value is -3.36. The summed E-state index contributed by atoms with van der Waals surface area (Å²) >= 11 is 6.19.